The van der Waals surface area contributed by atoms with Crippen molar-refractivity contribution < 1.29 is 9.53 Å². The Bertz CT molecular complexity index is 864. The maximum Gasteiger partial charge on any atom is 0.320 e. The van der Waals surface area contributed by atoms with Crippen molar-refractivity contribution in [2.45, 2.75) is 18.1 Å². The van der Waals surface area contributed by atoms with Gasteiger partial charge >= 0.3 is 5.97 Å². The Balaban J connectivity index is 1.87. The van der Waals surface area contributed by atoms with Gasteiger partial charge in [-0.1, -0.05) is 91.0 Å². The van der Waals surface area contributed by atoms with Gasteiger partial charge in [0, 0.05) is 6.42 Å². The zero-order chi connectivity index (χ0) is 17.8. The molecule has 3 aromatic carbocycles. The Hall–Kier alpha value is -2.91. The summed E-state index contributed by atoms with van der Waals surface area (Å²) in [7, 11) is 0. The molecule has 1 aliphatic rings. The molecule has 0 aliphatic carbocycles. The van der Waals surface area contributed by atoms with Crippen molar-refractivity contribution >= 4 is 5.97 Å². The minimum Gasteiger partial charge on any atom is -0.451 e. The van der Waals surface area contributed by atoms with Gasteiger partial charge in [0.25, 0.3) is 0 Å². The van der Waals surface area contributed by atoms with Crippen LogP contribution in [0.3, 0.4) is 0 Å². The molecule has 4 rings (SSSR count). The first-order valence-corrected chi connectivity index (χ1v) is 8.87. The van der Waals surface area contributed by atoms with E-state index in [1.54, 1.807) is 0 Å². The average Bonchev–Trinajstić information content (AvgIpc) is 2.70. The van der Waals surface area contributed by atoms with E-state index in [4.69, 9.17) is 4.74 Å². The maximum atomic E-state index is 12.3. The summed E-state index contributed by atoms with van der Waals surface area (Å²) in [4.78, 5) is 12.3. The lowest BCUT2D eigenvalue weighted by Gasteiger charge is -2.44. The van der Waals surface area contributed by atoms with Gasteiger partial charge in [0.2, 0.25) is 0 Å². The van der Waals surface area contributed by atoms with E-state index in [1.165, 1.54) is 0 Å². The van der Waals surface area contributed by atoms with Gasteiger partial charge < -0.3 is 4.74 Å². The van der Waals surface area contributed by atoms with Crippen LogP contribution in [0.25, 0.3) is 0 Å². The molecule has 1 saturated heterocycles. The first-order valence-electron chi connectivity index (χ1n) is 8.87. The highest BCUT2D eigenvalue weighted by molar-refractivity contribution is 5.74. The van der Waals surface area contributed by atoms with Crippen LogP contribution in [0, 0.1) is 0 Å². The Morgan fingerprint density at radius 1 is 0.846 bits per heavy atom. The lowest BCUT2D eigenvalue weighted by atomic mass is 9.77. The third-order valence-corrected chi connectivity index (χ3v) is 4.92. The van der Waals surface area contributed by atoms with Crippen molar-refractivity contribution in [1.82, 2.24) is 5.32 Å². The number of benzene rings is 3. The molecule has 2 atom stereocenters. The molecule has 1 aliphatic heterocycles. The fourth-order valence-corrected chi connectivity index (χ4v) is 3.77. The predicted octanol–water partition coefficient (Wildman–Crippen LogP) is 4.01. The first-order chi connectivity index (χ1) is 12.8. The highest BCUT2D eigenvalue weighted by Crippen LogP contribution is 2.43. The lowest BCUT2D eigenvalue weighted by Crippen LogP contribution is -2.53. The molecule has 1 heterocycles. The molecule has 1 fully saturated rings. The van der Waals surface area contributed by atoms with Crippen molar-refractivity contribution in [2.24, 2.45) is 0 Å². The summed E-state index contributed by atoms with van der Waals surface area (Å²) >= 11 is 0. The standard InChI is InChI=1S/C23H21NO2/c25-21-17-24-22(19-12-6-2-7-13-19)23(26-21,20-14-8-3-9-15-20)16-18-10-4-1-5-11-18/h1-15,22,24H,16-17H2. The number of hydrogen-bond acceptors (Lipinski definition) is 3. The van der Waals surface area contributed by atoms with E-state index in [9.17, 15) is 4.79 Å². The van der Waals surface area contributed by atoms with Crippen LogP contribution in [0.15, 0.2) is 91.0 Å². The van der Waals surface area contributed by atoms with E-state index < -0.39 is 5.60 Å². The number of hydrogen-bond donors (Lipinski definition) is 1. The molecule has 1 N–H and O–H groups in total. The van der Waals surface area contributed by atoms with E-state index in [-0.39, 0.29) is 18.6 Å². The second kappa shape index (κ2) is 7.14. The predicted molar refractivity (Wildman–Crippen MR) is 102 cm³/mol. The van der Waals surface area contributed by atoms with Gasteiger partial charge in [-0.3, -0.25) is 10.1 Å². The zero-order valence-corrected chi connectivity index (χ0v) is 14.5. The Morgan fingerprint density at radius 2 is 1.42 bits per heavy atom. The molecule has 0 spiro atoms. The van der Waals surface area contributed by atoms with Crippen LogP contribution < -0.4 is 5.32 Å². The second-order valence-corrected chi connectivity index (χ2v) is 6.62. The number of carbonyl (C=O) groups is 1. The number of morpholine rings is 1. The topological polar surface area (TPSA) is 38.3 Å². The number of cyclic esters (lactones) is 1. The minimum atomic E-state index is -0.792. The van der Waals surface area contributed by atoms with Gasteiger partial charge in [-0.05, 0) is 16.7 Å². The third kappa shape index (κ3) is 3.14. The first kappa shape index (κ1) is 16.6. The molecule has 2 unspecified atom stereocenters. The number of rotatable bonds is 4. The van der Waals surface area contributed by atoms with Gasteiger partial charge in [-0.2, -0.15) is 0 Å². The molecule has 3 aromatic rings. The maximum absolute atomic E-state index is 12.3. The highest BCUT2D eigenvalue weighted by atomic mass is 16.6. The van der Waals surface area contributed by atoms with Gasteiger partial charge in [-0.25, -0.2) is 0 Å². The van der Waals surface area contributed by atoms with Crippen molar-refractivity contribution in [3.8, 4) is 0 Å². The lowest BCUT2D eigenvalue weighted by molar-refractivity contribution is -0.173. The van der Waals surface area contributed by atoms with Crippen LogP contribution in [0.4, 0.5) is 0 Å². The van der Waals surface area contributed by atoms with Crippen LogP contribution in [0.5, 0.6) is 0 Å². The second-order valence-electron chi connectivity index (χ2n) is 6.62. The Kier molecular flexibility index (Phi) is 4.55. The molecule has 0 aromatic heterocycles. The fraction of sp³-hybridized carbons (Fsp3) is 0.174. The number of ether oxygens (including phenoxy) is 1. The Labute approximate surface area is 153 Å². The third-order valence-electron chi connectivity index (χ3n) is 4.92. The summed E-state index contributed by atoms with van der Waals surface area (Å²) in [6, 6.07) is 30.3. The van der Waals surface area contributed by atoms with E-state index >= 15 is 0 Å². The average molecular weight is 343 g/mol. The van der Waals surface area contributed by atoms with Crippen molar-refractivity contribution in [3.05, 3.63) is 108 Å². The number of carbonyl (C=O) groups excluding carboxylic acids is 1. The molecule has 26 heavy (non-hydrogen) atoms. The van der Waals surface area contributed by atoms with Crippen molar-refractivity contribution in [1.29, 1.82) is 0 Å². The zero-order valence-electron chi connectivity index (χ0n) is 14.5. The minimum absolute atomic E-state index is 0.121. The molecule has 0 bridgehead atoms. The van der Waals surface area contributed by atoms with Gasteiger partial charge in [0.15, 0.2) is 5.60 Å². The molecule has 130 valence electrons. The quantitative estimate of drug-likeness (QED) is 0.728. The van der Waals surface area contributed by atoms with Gasteiger partial charge in [0.05, 0.1) is 12.6 Å². The van der Waals surface area contributed by atoms with Crippen LogP contribution >= 0.6 is 0 Å². The van der Waals surface area contributed by atoms with Crippen molar-refractivity contribution in [3.63, 3.8) is 0 Å². The summed E-state index contributed by atoms with van der Waals surface area (Å²) in [5.41, 5.74) is 2.45. The summed E-state index contributed by atoms with van der Waals surface area (Å²) in [5.74, 6) is -0.225. The highest BCUT2D eigenvalue weighted by Gasteiger charge is 2.47. The van der Waals surface area contributed by atoms with E-state index in [1.807, 2.05) is 66.7 Å². The monoisotopic (exact) mass is 343 g/mol. The fourth-order valence-electron chi connectivity index (χ4n) is 3.77. The van der Waals surface area contributed by atoms with E-state index in [2.05, 4.69) is 29.6 Å². The SMILES string of the molecule is O=C1CNC(c2ccccc2)C(Cc2ccccc2)(c2ccccc2)O1. The van der Waals surface area contributed by atoms with Crippen LogP contribution in [0.2, 0.25) is 0 Å². The van der Waals surface area contributed by atoms with Crippen molar-refractivity contribution in [2.75, 3.05) is 6.54 Å². The van der Waals surface area contributed by atoms with Gasteiger partial charge in [0.1, 0.15) is 0 Å². The normalized spacial score (nSPS) is 22.6. The van der Waals surface area contributed by atoms with E-state index in [0.29, 0.717) is 6.42 Å². The van der Waals surface area contributed by atoms with Crippen LogP contribution in [-0.4, -0.2) is 12.5 Å². The molecule has 3 nitrogen and oxygen atoms in total. The Morgan fingerprint density at radius 3 is 2.08 bits per heavy atom. The summed E-state index contributed by atoms with van der Waals surface area (Å²) in [5, 5.41) is 3.42. The van der Waals surface area contributed by atoms with Crippen LogP contribution in [-0.2, 0) is 21.6 Å². The molecule has 0 amide bonds. The van der Waals surface area contributed by atoms with Gasteiger partial charge in [-0.15, -0.1) is 0 Å². The summed E-state index contributed by atoms with van der Waals surface area (Å²) < 4.78 is 6.13. The molecule has 0 radical (unpaired) electrons. The molecule has 0 saturated carbocycles. The smallest absolute Gasteiger partial charge is 0.320 e. The van der Waals surface area contributed by atoms with Crippen LogP contribution in [0.1, 0.15) is 22.7 Å². The summed E-state index contributed by atoms with van der Waals surface area (Å²) in [6.45, 7) is 0.211. The summed E-state index contributed by atoms with van der Waals surface area (Å²) in [6.07, 6.45) is 0.607. The molecular formula is C23H21NO2. The van der Waals surface area contributed by atoms with E-state index in [0.717, 1.165) is 16.7 Å². The number of nitrogens with one attached hydrogen (secondary N) is 1. The molecule has 3 heteroatoms. The molecular weight excluding hydrogens is 322 g/mol. The number of esters is 1. The largest absolute Gasteiger partial charge is 0.451 e.